The molecule has 19 heavy (non-hydrogen) atoms. The average Bonchev–Trinajstić information content (AvgIpc) is 2.67. The molecule has 5 unspecified atom stereocenters. The van der Waals surface area contributed by atoms with E-state index in [1.165, 1.54) is 57.9 Å². The molecule has 0 amide bonds. The maximum Gasteiger partial charge on any atom is 0.0597 e. The van der Waals surface area contributed by atoms with Crippen LogP contribution in [0.2, 0.25) is 0 Å². The van der Waals surface area contributed by atoms with Crippen LogP contribution in [0.3, 0.4) is 0 Å². The maximum absolute atomic E-state index is 2.87. The lowest BCUT2D eigenvalue weighted by atomic mass is 9.79. The van der Waals surface area contributed by atoms with Crippen LogP contribution in [-0.2, 0) is 0 Å². The van der Waals surface area contributed by atoms with Gasteiger partial charge in [0.2, 0.25) is 0 Å². The third-order valence-corrected chi connectivity index (χ3v) is 6.45. The van der Waals surface area contributed by atoms with E-state index < -0.39 is 0 Å². The third kappa shape index (κ3) is 2.58. The highest BCUT2D eigenvalue weighted by atomic mass is 15.4. The molecular weight excluding hydrogens is 232 g/mol. The van der Waals surface area contributed by atoms with E-state index in [-0.39, 0.29) is 0 Å². The highest BCUT2D eigenvalue weighted by molar-refractivity contribution is 4.98. The Morgan fingerprint density at radius 2 is 1.47 bits per heavy atom. The zero-order valence-corrected chi connectivity index (χ0v) is 13.1. The second-order valence-corrected chi connectivity index (χ2v) is 7.44. The van der Waals surface area contributed by atoms with Gasteiger partial charge >= 0.3 is 0 Å². The Hall–Kier alpha value is -0.0800. The molecule has 1 heterocycles. The van der Waals surface area contributed by atoms with E-state index in [1.807, 2.05) is 0 Å². The van der Waals surface area contributed by atoms with Crippen molar-refractivity contribution >= 4 is 0 Å². The predicted octanol–water partition coefficient (Wildman–Crippen LogP) is 3.72. The van der Waals surface area contributed by atoms with Crippen molar-refractivity contribution in [3.05, 3.63) is 0 Å². The van der Waals surface area contributed by atoms with Crippen molar-refractivity contribution in [2.75, 3.05) is 13.6 Å². The first-order valence-corrected chi connectivity index (χ1v) is 8.66. The molecular formula is C17H32N2. The van der Waals surface area contributed by atoms with Crippen LogP contribution in [0.1, 0.15) is 65.2 Å². The lowest BCUT2D eigenvalue weighted by Crippen LogP contribution is -2.43. The lowest BCUT2D eigenvalue weighted by Gasteiger charge is -2.37. The molecule has 0 spiro atoms. The normalized spacial score (nSPS) is 45.3. The molecule has 3 aliphatic rings. The van der Waals surface area contributed by atoms with Crippen LogP contribution in [0.25, 0.3) is 0 Å². The molecule has 1 saturated heterocycles. The van der Waals surface area contributed by atoms with Crippen LogP contribution in [0.15, 0.2) is 0 Å². The second-order valence-electron chi connectivity index (χ2n) is 7.44. The first kappa shape index (κ1) is 13.9. The van der Waals surface area contributed by atoms with Gasteiger partial charge in [-0.1, -0.05) is 39.0 Å². The van der Waals surface area contributed by atoms with Crippen LogP contribution in [0, 0.1) is 11.8 Å². The van der Waals surface area contributed by atoms with Gasteiger partial charge in [0.25, 0.3) is 0 Å². The molecule has 3 rings (SSSR count). The predicted molar refractivity (Wildman–Crippen MR) is 81.1 cm³/mol. The molecule has 1 aliphatic heterocycles. The Labute approximate surface area is 119 Å². The Morgan fingerprint density at radius 1 is 0.842 bits per heavy atom. The lowest BCUT2D eigenvalue weighted by molar-refractivity contribution is 0.0948. The summed E-state index contributed by atoms with van der Waals surface area (Å²) < 4.78 is 0. The van der Waals surface area contributed by atoms with E-state index in [0.29, 0.717) is 6.17 Å². The zero-order chi connectivity index (χ0) is 13.4. The van der Waals surface area contributed by atoms with Gasteiger partial charge in [-0.2, -0.15) is 0 Å². The fourth-order valence-corrected chi connectivity index (χ4v) is 4.96. The molecule has 0 aromatic heterocycles. The SMILES string of the molecule is CC1CCCCC1CN1C2CCCCC2N(C)C1C. The monoisotopic (exact) mass is 264 g/mol. The Balaban J connectivity index is 1.68. The van der Waals surface area contributed by atoms with Crippen molar-refractivity contribution in [1.29, 1.82) is 0 Å². The summed E-state index contributed by atoms with van der Waals surface area (Å²) in [6, 6.07) is 1.71. The minimum absolute atomic E-state index is 0.669. The number of hydrogen-bond acceptors (Lipinski definition) is 2. The fourth-order valence-electron chi connectivity index (χ4n) is 4.96. The fraction of sp³-hybridized carbons (Fsp3) is 1.00. The van der Waals surface area contributed by atoms with Gasteiger partial charge in [0.05, 0.1) is 6.17 Å². The molecule has 0 N–H and O–H groups in total. The molecule has 110 valence electrons. The number of fused-ring (bicyclic) bond motifs is 1. The molecule has 2 saturated carbocycles. The largest absolute Gasteiger partial charge is 0.287 e. The van der Waals surface area contributed by atoms with Gasteiger partial charge in [-0.05, 0) is 45.1 Å². The first-order chi connectivity index (χ1) is 9.18. The maximum atomic E-state index is 2.87. The summed E-state index contributed by atoms with van der Waals surface area (Å²) >= 11 is 0. The molecule has 5 atom stereocenters. The van der Waals surface area contributed by atoms with Gasteiger partial charge < -0.3 is 0 Å². The van der Waals surface area contributed by atoms with Gasteiger partial charge in [-0.25, -0.2) is 0 Å². The van der Waals surface area contributed by atoms with Crippen molar-refractivity contribution in [3.63, 3.8) is 0 Å². The van der Waals surface area contributed by atoms with Gasteiger partial charge in [-0.15, -0.1) is 0 Å². The summed E-state index contributed by atoms with van der Waals surface area (Å²) in [6.45, 7) is 6.30. The van der Waals surface area contributed by atoms with E-state index in [9.17, 15) is 0 Å². The molecule has 2 nitrogen and oxygen atoms in total. The Morgan fingerprint density at radius 3 is 2.21 bits per heavy atom. The van der Waals surface area contributed by atoms with Gasteiger partial charge in [0.1, 0.15) is 0 Å². The molecule has 2 heteroatoms. The van der Waals surface area contributed by atoms with Crippen molar-refractivity contribution < 1.29 is 0 Å². The summed E-state index contributed by atoms with van der Waals surface area (Å²) in [6.07, 6.45) is 12.3. The summed E-state index contributed by atoms with van der Waals surface area (Å²) in [7, 11) is 2.36. The molecule has 0 radical (unpaired) electrons. The smallest absolute Gasteiger partial charge is 0.0597 e. The van der Waals surface area contributed by atoms with Crippen LogP contribution < -0.4 is 0 Å². The summed E-state index contributed by atoms with van der Waals surface area (Å²) in [5.41, 5.74) is 0. The van der Waals surface area contributed by atoms with E-state index in [0.717, 1.165) is 23.9 Å². The number of likely N-dealkylation sites (N-methyl/N-ethyl adjacent to an activating group) is 1. The molecule has 2 aliphatic carbocycles. The van der Waals surface area contributed by atoms with E-state index in [4.69, 9.17) is 0 Å². The standard InChI is InChI=1S/C17H32N2/c1-13-8-4-5-9-15(13)12-19-14(2)18(3)16-10-6-7-11-17(16)19/h13-17H,4-12H2,1-3H3. The molecule has 0 aromatic carbocycles. The van der Waals surface area contributed by atoms with Crippen molar-refractivity contribution in [3.8, 4) is 0 Å². The number of nitrogens with zero attached hydrogens (tertiary/aromatic N) is 2. The quantitative estimate of drug-likeness (QED) is 0.750. The summed E-state index contributed by atoms with van der Waals surface area (Å²) in [5.74, 6) is 1.92. The highest BCUT2D eigenvalue weighted by Gasteiger charge is 2.44. The first-order valence-electron chi connectivity index (χ1n) is 8.66. The topological polar surface area (TPSA) is 6.48 Å². The number of rotatable bonds is 2. The molecule has 0 aromatic rings. The van der Waals surface area contributed by atoms with Crippen LogP contribution in [0.4, 0.5) is 0 Å². The highest BCUT2D eigenvalue weighted by Crippen LogP contribution is 2.38. The van der Waals surface area contributed by atoms with Crippen molar-refractivity contribution in [2.45, 2.75) is 83.5 Å². The summed E-state index contributed by atoms with van der Waals surface area (Å²) in [4.78, 5) is 5.54. The van der Waals surface area contributed by atoms with E-state index in [1.54, 1.807) is 0 Å². The van der Waals surface area contributed by atoms with Gasteiger partial charge in [0.15, 0.2) is 0 Å². The van der Waals surface area contributed by atoms with Gasteiger partial charge in [-0.3, -0.25) is 9.80 Å². The molecule has 0 bridgehead atoms. The Kier molecular flexibility index (Phi) is 4.19. The summed E-state index contributed by atoms with van der Waals surface area (Å²) in [5, 5.41) is 0. The minimum Gasteiger partial charge on any atom is -0.287 e. The number of hydrogen-bond donors (Lipinski definition) is 0. The minimum atomic E-state index is 0.669. The Bertz CT molecular complexity index is 304. The van der Waals surface area contributed by atoms with Gasteiger partial charge in [0, 0.05) is 18.6 Å². The van der Waals surface area contributed by atoms with Crippen LogP contribution in [-0.4, -0.2) is 41.6 Å². The van der Waals surface area contributed by atoms with Crippen LogP contribution >= 0.6 is 0 Å². The average molecular weight is 264 g/mol. The third-order valence-electron chi connectivity index (χ3n) is 6.45. The second kappa shape index (κ2) is 5.73. The van der Waals surface area contributed by atoms with E-state index in [2.05, 4.69) is 30.7 Å². The van der Waals surface area contributed by atoms with Crippen molar-refractivity contribution in [1.82, 2.24) is 9.80 Å². The van der Waals surface area contributed by atoms with E-state index >= 15 is 0 Å². The molecule has 3 fully saturated rings. The van der Waals surface area contributed by atoms with Crippen LogP contribution in [0.5, 0.6) is 0 Å². The zero-order valence-electron chi connectivity index (χ0n) is 13.1. The van der Waals surface area contributed by atoms with Crippen molar-refractivity contribution in [2.24, 2.45) is 11.8 Å².